The molecule has 0 amide bonds. The first-order chi connectivity index (χ1) is 6.35. The summed E-state index contributed by atoms with van der Waals surface area (Å²) < 4.78 is 5.13. The van der Waals surface area contributed by atoms with Crippen LogP contribution in [0.4, 0.5) is 0 Å². The van der Waals surface area contributed by atoms with Crippen LogP contribution in [0.5, 0.6) is 0 Å². The van der Waals surface area contributed by atoms with Gasteiger partial charge in [-0.25, -0.2) is 0 Å². The molecule has 0 aromatic rings. The summed E-state index contributed by atoms with van der Waals surface area (Å²) in [7, 11) is 0. The Labute approximate surface area is 90.2 Å². The van der Waals surface area contributed by atoms with Gasteiger partial charge in [0.15, 0.2) is 0 Å². The molecule has 0 radical (unpaired) electrons. The van der Waals surface area contributed by atoms with Crippen LogP contribution < -0.4 is 0 Å². The summed E-state index contributed by atoms with van der Waals surface area (Å²) in [4.78, 5) is 11.2. The van der Waals surface area contributed by atoms with Crippen LogP contribution in [0.1, 0.15) is 27.7 Å². The molecule has 3 nitrogen and oxygen atoms in total. The van der Waals surface area contributed by atoms with Gasteiger partial charge in [-0.05, 0) is 32.4 Å². The average molecular weight is 220 g/mol. The van der Waals surface area contributed by atoms with Crippen molar-refractivity contribution < 1.29 is 14.6 Å². The molecule has 0 aliphatic heterocycles. The zero-order valence-corrected chi connectivity index (χ0v) is 10.2. The highest BCUT2D eigenvalue weighted by molar-refractivity contribution is 7.99. The summed E-state index contributed by atoms with van der Waals surface area (Å²) in [5.74, 6) is 1.20. The first-order valence-electron chi connectivity index (χ1n) is 4.75. The average Bonchev–Trinajstić information content (AvgIpc) is 2.00. The van der Waals surface area contributed by atoms with Crippen molar-refractivity contribution in [3.05, 3.63) is 0 Å². The van der Waals surface area contributed by atoms with Crippen molar-refractivity contribution in [2.24, 2.45) is 5.92 Å². The van der Waals surface area contributed by atoms with Crippen molar-refractivity contribution in [2.45, 2.75) is 33.3 Å². The molecule has 14 heavy (non-hydrogen) atoms. The lowest BCUT2D eigenvalue weighted by molar-refractivity contribution is -0.151. The van der Waals surface area contributed by atoms with E-state index < -0.39 is 5.60 Å². The van der Waals surface area contributed by atoms with Crippen LogP contribution in [0, 0.1) is 5.92 Å². The smallest absolute Gasteiger partial charge is 0.316 e. The summed E-state index contributed by atoms with van der Waals surface area (Å²) in [6.45, 7) is 7.67. The maximum atomic E-state index is 11.2. The van der Waals surface area contributed by atoms with Crippen molar-refractivity contribution in [1.82, 2.24) is 0 Å². The molecule has 0 aromatic carbocycles. The van der Waals surface area contributed by atoms with Gasteiger partial charge in [-0.2, -0.15) is 0 Å². The third-order valence-electron chi connectivity index (χ3n) is 1.35. The Morgan fingerprint density at radius 1 is 1.50 bits per heavy atom. The first kappa shape index (κ1) is 13.8. The number of carbonyl (C=O) groups is 1. The van der Waals surface area contributed by atoms with Crippen LogP contribution in [0.2, 0.25) is 0 Å². The maximum Gasteiger partial charge on any atom is 0.316 e. The third-order valence-corrected chi connectivity index (χ3v) is 2.60. The Bertz CT molecular complexity index is 175. The molecule has 0 saturated carbocycles. The van der Waals surface area contributed by atoms with Gasteiger partial charge in [0, 0.05) is 6.61 Å². The van der Waals surface area contributed by atoms with Crippen molar-refractivity contribution in [3.63, 3.8) is 0 Å². The van der Waals surface area contributed by atoms with E-state index in [9.17, 15) is 4.79 Å². The Balaban J connectivity index is 3.55. The van der Waals surface area contributed by atoms with E-state index in [-0.39, 0.29) is 18.5 Å². The molecule has 0 heterocycles. The van der Waals surface area contributed by atoms with Gasteiger partial charge in [0.2, 0.25) is 0 Å². The minimum Gasteiger partial charge on any atom is -0.459 e. The Kier molecular flexibility index (Phi) is 6.20. The fourth-order valence-corrected chi connectivity index (χ4v) is 1.62. The van der Waals surface area contributed by atoms with E-state index in [2.05, 4.69) is 0 Å². The second-order valence-electron chi connectivity index (χ2n) is 4.39. The SMILES string of the molecule is CC(CO)CSCC(=O)OC(C)(C)C. The summed E-state index contributed by atoms with van der Waals surface area (Å²) in [6, 6.07) is 0. The standard InChI is InChI=1S/C10H20O3S/c1-8(5-11)6-14-7-9(12)13-10(2,3)4/h8,11H,5-7H2,1-4H3. The van der Waals surface area contributed by atoms with Crippen LogP contribution >= 0.6 is 11.8 Å². The van der Waals surface area contributed by atoms with Crippen molar-refractivity contribution in [3.8, 4) is 0 Å². The number of ether oxygens (including phenoxy) is 1. The molecule has 0 aromatic heterocycles. The molecule has 1 N–H and O–H groups in total. The van der Waals surface area contributed by atoms with Crippen molar-refractivity contribution in [2.75, 3.05) is 18.1 Å². The summed E-state index contributed by atoms with van der Waals surface area (Å²) in [5, 5.41) is 8.76. The van der Waals surface area contributed by atoms with Gasteiger partial charge < -0.3 is 9.84 Å². The van der Waals surface area contributed by atoms with Gasteiger partial charge in [0.1, 0.15) is 5.60 Å². The van der Waals surface area contributed by atoms with Crippen molar-refractivity contribution in [1.29, 1.82) is 0 Å². The minimum absolute atomic E-state index is 0.168. The van der Waals surface area contributed by atoms with Gasteiger partial charge in [-0.3, -0.25) is 4.79 Å². The molecule has 0 fully saturated rings. The van der Waals surface area contributed by atoms with Crippen LogP contribution in [-0.4, -0.2) is 34.8 Å². The highest BCUT2D eigenvalue weighted by Crippen LogP contribution is 2.12. The molecule has 84 valence electrons. The van der Waals surface area contributed by atoms with E-state index in [1.807, 2.05) is 27.7 Å². The molecular formula is C10H20O3S. The number of hydrogen-bond acceptors (Lipinski definition) is 4. The summed E-state index contributed by atoms with van der Waals surface area (Å²) in [6.07, 6.45) is 0. The molecule has 0 aliphatic rings. The van der Waals surface area contributed by atoms with E-state index in [4.69, 9.17) is 9.84 Å². The quantitative estimate of drug-likeness (QED) is 0.716. The van der Waals surface area contributed by atoms with Crippen LogP contribution in [0.15, 0.2) is 0 Å². The number of rotatable bonds is 5. The minimum atomic E-state index is -0.403. The monoisotopic (exact) mass is 220 g/mol. The first-order valence-corrected chi connectivity index (χ1v) is 5.91. The molecular weight excluding hydrogens is 200 g/mol. The number of carbonyl (C=O) groups excluding carboxylic acids is 1. The Morgan fingerprint density at radius 3 is 2.50 bits per heavy atom. The maximum absolute atomic E-state index is 11.2. The van der Waals surface area contributed by atoms with E-state index in [0.29, 0.717) is 5.75 Å². The van der Waals surface area contributed by atoms with Crippen molar-refractivity contribution >= 4 is 17.7 Å². The molecule has 4 heteroatoms. The zero-order valence-electron chi connectivity index (χ0n) is 9.37. The largest absolute Gasteiger partial charge is 0.459 e. The molecule has 1 unspecified atom stereocenters. The van der Waals surface area contributed by atoms with E-state index >= 15 is 0 Å². The Morgan fingerprint density at radius 2 is 2.07 bits per heavy atom. The molecule has 0 aliphatic carbocycles. The van der Waals surface area contributed by atoms with E-state index in [1.165, 1.54) is 11.8 Å². The molecule has 0 spiro atoms. The van der Waals surface area contributed by atoms with Crippen LogP contribution in [0.25, 0.3) is 0 Å². The fraction of sp³-hybridized carbons (Fsp3) is 0.900. The van der Waals surface area contributed by atoms with Gasteiger partial charge in [0.05, 0.1) is 5.75 Å². The predicted octanol–water partition coefficient (Wildman–Crippen LogP) is 1.69. The number of hydrogen-bond donors (Lipinski definition) is 1. The van der Waals surface area contributed by atoms with Crippen LogP contribution in [-0.2, 0) is 9.53 Å². The second-order valence-corrected chi connectivity index (χ2v) is 5.42. The lowest BCUT2D eigenvalue weighted by atomic mass is 10.2. The third kappa shape index (κ3) is 8.38. The summed E-state index contributed by atoms with van der Waals surface area (Å²) >= 11 is 1.50. The van der Waals surface area contributed by atoms with Gasteiger partial charge in [-0.1, -0.05) is 6.92 Å². The lowest BCUT2D eigenvalue weighted by Crippen LogP contribution is -2.25. The summed E-state index contributed by atoms with van der Waals surface area (Å²) in [5.41, 5.74) is -0.403. The van der Waals surface area contributed by atoms with Gasteiger partial charge in [0.25, 0.3) is 0 Å². The van der Waals surface area contributed by atoms with Crippen LogP contribution in [0.3, 0.4) is 0 Å². The predicted molar refractivity (Wildman–Crippen MR) is 59.4 cm³/mol. The molecule has 0 rings (SSSR count). The zero-order chi connectivity index (χ0) is 11.2. The molecule has 0 saturated heterocycles. The number of thioether (sulfide) groups is 1. The van der Waals surface area contributed by atoms with E-state index in [1.54, 1.807) is 0 Å². The topological polar surface area (TPSA) is 46.5 Å². The normalized spacial score (nSPS) is 13.8. The fourth-order valence-electron chi connectivity index (χ4n) is 0.767. The number of esters is 1. The number of aliphatic hydroxyl groups is 1. The lowest BCUT2D eigenvalue weighted by Gasteiger charge is -2.19. The van der Waals surface area contributed by atoms with Gasteiger partial charge in [-0.15, -0.1) is 11.8 Å². The molecule has 1 atom stereocenters. The van der Waals surface area contributed by atoms with E-state index in [0.717, 1.165) is 5.75 Å². The number of aliphatic hydroxyl groups excluding tert-OH is 1. The highest BCUT2D eigenvalue weighted by atomic mass is 32.2. The van der Waals surface area contributed by atoms with Gasteiger partial charge >= 0.3 is 5.97 Å². The second kappa shape index (κ2) is 6.30. The highest BCUT2D eigenvalue weighted by Gasteiger charge is 2.16. The Hall–Kier alpha value is -0.220. The molecule has 0 bridgehead atoms.